The fourth-order valence-corrected chi connectivity index (χ4v) is 3.96. The summed E-state index contributed by atoms with van der Waals surface area (Å²) >= 11 is 0. The molecular formula is C19H26N2O4. The van der Waals surface area contributed by atoms with Crippen LogP contribution < -0.4 is 5.56 Å². The van der Waals surface area contributed by atoms with Crippen LogP contribution in [0.2, 0.25) is 0 Å². The monoisotopic (exact) mass is 346 g/mol. The van der Waals surface area contributed by atoms with Crippen molar-refractivity contribution in [2.24, 2.45) is 13.0 Å². The summed E-state index contributed by atoms with van der Waals surface area (Å²) in [6.07, 6.45) is 5.47. The predicted octanol–water partition coefficient (Wildman–Crippen LogP) is 1.58. The summed E-state index contributed by atoms with van der Waals surface area (Å²) in [4.78, 5) is 26.5. The van der Waals surface area contributed by atoms with Gasteiger partial charge in [-0.15, -0.1) is 0 Å². The lowest BCUT2D eigenvalue weighted by atomic mass is 9.89. The fourth-order valence-electron chi connectivity index (χ4n) is 3.96. The molecule has 1 spiro atoms. The van der Waals surface area contributed by atoms with Crippen LogP contribution in [0.1, 0.15) is 42.6 Å². The lowest BCUT2D eigenvalue weighted by Gasteiger charge is -2.39. The van der Waals surface area contributed by atoms with Gasteiger partial charge in [0.15, 0.2) is 0 Å². The summed E-state index contributed by atoms with van der Waals surface area (Å²) in [5, 5.41) is 0. The van der Waals surface area contributed by atoms with Crippen molar-refractivity contribution in [1.29, 1.82) is 0 Å². The van der Waals surface area contributed by atoms with Gasteiger partial charge >= 0.3 is 0 Å². The predicted molar refractivity (Wildman–Crippen MR) is 92.6 cm³/mol. The van der Waals surface area contributed by atoms with Crippen LogP contribution in [0.15, 0.2) is 23.0 Å². The average molecular weight is 346 g/mol. The van der Waals surface area contributed by atoms with Crippen molar-refractivity contribution in [3.8, 4) is 0 Å². The van der Waals surface area contributed by atoms with Crippen LogP contribution in [0, 0.1) is 5.92 Å². The Kier molecular flexibility index (Phi) is 4.41. The Morgan fingerprint density at radius 1 is 1.40 bits per heavy atom. The van der Waals surface area contributed by atoms with Crippen molar-refractivity contribution < 1.29 is 14.3 Å². The number of carbonyl (C=O) groups is 1. The summed E-state index contributed by atoms with van der Waals surface area (Å²) < 4.78 is 13.5. The van der Waals surface area contributed by atoms with Gasteiger partial charge in [0.25, 0.3) is 11.5 Å². The standard InChI is InChI=1S/C19H26N2O4/c1-20-16(4-2-5-17(20)22)18(23)21-9-3-8-19(13-21)10-15(12-25-19)24-11-14-6-7-14/h2,4-5,14-15H,3,6-13H2,1H3/t15-,19-/m1/s1. The minimum atomic E-state index is -0.282. The van der Waals surface area contributed by atoms with Gasteiger partial charge < -0.3 is 18.9 Å². The number of piperidine rings is 1. The summed E-state index contributed by atoms with van der Waals surface area (Å²) in [6, 6.07) is 4.82. The van der Waals surface area contributed by atoms with Crippen molar-refractivity contribution in [3.63, 3.8) is 0 Å². The molecule has 6 heteroatoms. The minimum Gasteiger partial charge on any atom is -0.375 e. The van der Waals surface area contributed by atoms with Gasteiger partial charge in [-0.1, -0.05) is 6.07 Å². The zero-order valence-electron chi connectivity index (χ0n) is 14.8. The molecule has 0 unspecified atom stereocenters. The Hall–Kier alpha value is -1.66. The van der Waals surface area contributed by atoms with E-state index in [9.17, 15) is 9.59 Å². The second kappa shape index (κ2) is 6.57. The van der Waals surface area contributed by atoms with Crippen molar-refractivity contribution in [1.82, 2.24) is 9.47 Å². The van der Waals surface area contributed by atoms with Crippen LogP contribution in [-0.4, -0.2) is 53.4 Å². The van der Waals surface area contributed by atoms with E-state index < -0.39 is 0 Å². The molecule has 25 heavy (non-hydrogen) atoms. The molecule has 6 nitrogen and oxygen atoms in total. The number of amides is 1. The van der Waals surface area contributed by atoms with Gasteiger partial charge in [-0.05, 0) is 37.7 Å². The number of rotatable bonds is 4. The van der Waals surface area contributed by atoms with Crippen LogP contribution in [-0.2, 0) is 16.5 Å². The highest BCUT2D eigenvalue weighted by molar-refractivity contribution is 5.92. The maximum Gasteiger partial charge on any atom is 0.270 e. The highest BCUT2D eigenvalue weighted by Crippen LogP contribution is 2.37. The number of pyridine rings is 1. The van der Waals surface area contributed by atoms with E-state index in [1.54, 1.807) is 19.2 Å². The Bertz CT molecular complexity index is 712. The summed E-state index contributed by atoms with van der Waals surface area (Å²) in [5.74, 6) is 0.658. The first kappa shape index (κ1) is 16.8. The second-order valence-corrected chi connectivity index (χ2v) is 7.74. The van der Waals surface area contributed by atoms with E-state index in [0.717, 1.165) is 31.8 Å². The number of nitrogens with zero attached hydrogens (tertiary/aromatic N) is 2. The fraction of sp³-hybridized carbons (Fsp3) is 0.684. The van der Waals surface area contributed by atoms with Crippen molar-refractivity contribution in [3.05, 3.63) is 34.2 Å². The number of carbonyl (C=O) groups excluding carboxylic acids is 1. The Labute approximate surface area is 147 Å². The first-order chi connectivity index (χ1) is 12.1. The topological polar surface area (TPSA) is 60.8 Å². The Morgan fingerprint density at radius 3 is 3.04 bits per heavy atom. The van der Waals surface area contributed by atoms with Crippen molar-refractivity contribution in [2.75, 3.05) is 26.3 Å². The highest BCUT2D eigenvalue weighted by atomic mass is 16.6. The minimum absolute atomic E-state index is 0.0924. The lowest BCUT2D eigenvalue weighted by molar-refractivity contribution is -0.0466. The summed E-state index contributed by atoms with van der Waals surface area (Å²) in [7, 11) is 1.64. The normalized spacial score (nSPS) is 29.3. The molecule has 136 valence electrons. The average Bonchev–Trinajstić information content (AvgIpc) is 3.37. The van der Waals surface area contributed by atoms with Crippen molar-refractivity contribution in [2.45, 2.75) is 43.8 Å². The molecule has 2 aliphatic heterocycles. The second-order valence-electron chi connectivity index (χ2n) is 7.74. The summed E-state index contributed by atoms with van der Waals surface area (Å²) in [5.41, 5.74) is -0.0113. The Morgan fingerprint density at radius 2 is 2.24 bits per heavy atom. The Balaban J connectivity index is 1.43. The van der Waals surface area contributed by atoms with Crippen LogP contribution >= 0.6 is 0 Å². The molecule has 1 saturated carbocycles. The number of hydrogen-bond donors (Lipinski definition) is 0. The largest absolute Gasteiger partial charge is 0.375 e. The number of likely N-dealkylation sites (tertiary alicyclic amines) is 1. The van der Waals surface area contributed by atoms with E-state index >= 15 is 0 Å². The zero-order valence-corrected chi connectivity index (χ0v) is 14.8. The molecule has 2 saturated heterocycles. The van der Waals surface area contributed by atoms with Gasteiger partial charge in [0.05, 0.1) is 24.9 Å². The molecule has 0 bridgehead atoms. The van der Waals surface area contributed by atoms with E-state index in [4.69, 9.17) is 9.47 Å². The zero-order chi connectivity index (χ0) is 17.4. The number of aromatic nitrogens is 1. The maximum absolute atomic E-state index is 12.9. The van der Waals surface area contributed by atoms with E-state index in [0.29, 0.717) is 25.4 Å². The van der Waals surface area contributed by atoms with Crippen LogP contribution in [0.5, 0.6) is 0 Å². The number of hydrogen-bond acceptors (Lipinski definition) is 4. The molecule has 1 aromatic rings. The third-order valence-corrected chi connectivity index (χ3v) is 5.67. The molecule has 1 aromatic heterocycles. The van der Waals surface area contributed by atoms with E-state index in [1.165, 1.54) is 23.5 Å². The van der Waals surface area contributed by atoms with Crippen molar-refractivity contribution >= 4 is 5.91 Å². The first-order valence-corrected chi connectivity index (χ1v) is 9.27. The van der Waals surface area contributed by atoms with E-state index in [-0.39, 0.29) is 23.2 Å². The molecule has 0 radical (unpaired) electrons. The highest BCUT2D eigenvalue weighted by Gasteiger charge is 2.45. The molecule has 1 amide bonds. The molecule has 2 atom stereocenters. The van der Waals surface area contributed by atoms with Gasteiger partial charge in [0.2, 0.25) is 0 Å². The van der Waals surface area contributed by atoms with Gasteiger partial charge in [0.1, 0.15) is 5.69 Å². The quantitative estimate of drug-likeness (QED) is 0.830. The first-order valence-electron chi connectivity index (χ1n) is 9.27. The maximum atomic E-state index is 12.9. The smallest absolute Gasteiger partial charge is 0.270 e. The third kappa shape index (κ3) is 3.51. The molecular weight excluding hydrogens is 320 g/mol. The van der Waals surface area contributed by atoms with Gasteiger partial charge in [-0.3, -0.25) is 9.59 Å². The molecule has 1 aliphatic carbocycles. The summed E-state index contributed by atoms with van der Waals surface area (Å²) in [6.45, 7) is 2.76. The van der Waals surface area contributed by atoms with Crippen LogP contribution in [0.3, 0.4) is 0 Å². The molecule has 3 fully saturated rings. The SMILES string of the molecule is Cn1c(C(=O)N2CCC[C@@]3(C[C@@H](OCC4CC4)CO3)C2)cccc1=O. The van der Waals surface area contributed by atoms with Gasteiger partial charge in [-0.2, -0.15) is 0 Å². The molecule has 0 aromatic carbocycles. The molecule has 4 rings (SSSR count). The van der Waals surface area contributed by atoms with Crippen LogP contribution in [0.25, 0.3) is 0 Å². The lowest BCUT2D eigenvalue weighted by Crippen LogP contribution is -2.51. The van der Waals surface area contributed by atoms with E-state index in [1.807, 2.05) is 4.90 Å². The molecule has 0 N–H and O–H groups in total. The van der Waals surface area contributed by atoms with Crippen LogP contribution in [0.4, 0.5) is 0 Å². The van der Waals surface area contributed by atoms with Gasteiger partial charge in [-0.25, -0.2) is 0 Å². The van der Waals surface area contributed by atoms with Gasteiger partial charge in [0, 0.05) is 32.7 Å². The molecule has 3 heterocycles. The number of ether oxygens (including phenoxy) is 2. The molecule has 3 aliphatic rings. The van der Waals surface area contributed by atoms with E-state index in [2.05, 4.69) is 0 Å². The third-order valence-electron chi connectivity index (χ3n) is 5.67.